The molecular formula is C5H10N2O2. The summed E-state index contributed by atoms with van der Waals surface area (Å²) in [5.41, 5.74) is 10.3. The van der Waals surface area contributed by atoms with Gasteiger partial charge in [0.25, 0.3) is 0 Å². The summed E-state index contributed by atoms with van der Waals surface area (Å²) >= 11 is 0. The molecule has 4 nitrogen and oxygen atoms in total. The van der Waals surface area contributed by atoms with E-state index in [9.17, 15) is 4.79 Å². The van der Waals surface area contributed by atoms with Crippen LogP contribution < -0.4 is 11.5 Å². The summed E-state index contributed by atoms with van der Waals surface area (Å²) in [6, 6.07) is 0. The predicted molar refractivity (Wildman–Crippen MR) is 33.2 cm³/mol. The molecule has 0 aliphatic rings. The molecule has 0 aliphatic heterocycles. The Balaban J connectivity index is 4.28. The van der Waals surface area contributed by atoms with Crippen molar-refractivity contribution in [2.45, 2.75) is 6.92 Å². The van der Waals surface area contributed by atoms with E-state index in [0.29, 0.717) is 0 Å². The summed E-state index contributed by atoms with van der Waals surface area (Å²) in [5.74, 6) is -0.596. The fourth-order valence-electron chi connectivity index (χ4n) is 0.277. The summed E-state index contributed by atoms with van der Waals surface area (Å²) in [6.07, 6.45) is 0. The largest absolute Gasteiger partial charge is 0.400 e. The van der Waals surface area contributed by atoms with E-state index in [1.807, 2.05) is 0 Å². The number of amides is 1. The average molecular weight is 130 g/mol. The molecule has 9 heavy (non-hydrogen) atoms. The third-order valence-corrected chi connectivity index (χ3v) is 1.02. The number of hydrogen-bond donors (Lipinski definition) is 3. The van der Waals surface area contributed by atoms with Crippen molar-refractivity contribution in [3.63, 3.8) is 0 Å². The van der Waals surface area contributed by atoms with Gasteiger partial charge in [0, 0.05) is 11.3 Å². The second kappa shape index (κ2) is 3.09. The van der Waals surface area contributed by atoms with Gasteiger partial charge in [0.2, 0.25) is 5.91 Å². The second-order valence-corrected chi connectivity index (χ2v) is 1.67. The number of carbonyl (C=O) groups excluding carboxylic acids is 1. The van der Waals surface area contributed by atoms with Crippen LogP contribution in [0.4, 0.5) is 0 Å². The highest BCUT2D eigenvalue weighted by Crippen LogP contribution is 1.93. The van der Waals surface area contributed by atoms with Crippen LogP contribution in [0.25, 0.3) is 0 Å². The lowest BCUT2D eigenvalue weighted by atomic mass is 10.2. The molecule has 0 saturated carbocycles. The van der Waals surface area contributed by atoms with E-state index in [2.05, 4.69) is 0 Å². The van der Waals surface area contributed by atoms with Crippen molar-refractivity contribution in [3.8, 4) is 0 Å². The van der Waals surface area contributed by atoms with E-state index < -0.39 is 5.91 Å². The van der Waals surface area contributed by atoms with Crippen molar-refractivity contribution >= 4 is 5.91 Å². The molecule has 0 fully saturated rings. The van der Waals surface area contributed by atoms with Crippen LogP contribution in [0, 0.1) is 0 Å². The third-order valence-electron chi connectivity index (χ3n) is 1.02. The van der Waals surface area contributed by atoms with Crippen LogP contribution in [-0.4, -0.2) is 17.6 Å². The standard InChI is InChI=1S/C5H10N2O2/c1-3(5(7)9)4(6)2-8/h8H,2,6H2,1H3,(H2,7,9). The molecule has 0 aromatic heterocycles. The minimum Gasteiger partial charge on any atom is -0.400 e. The highest BCUT2D eigenvalue weighted by Gasteiger charge is 2.00. The molecule has 0 radical (unpaired) electrons. The van der Waals surface area contributed by atoms with Crippen molar-refractivity contribution in [2.75, 3.05) is 6.61 Å². The van der Waals surface area contributed by atoms with Gasteiger partial charge in [-0.25, -0.2) is 0 Å². The summed E-state index contributed by atoms with van der Waals surface area (Å²) in [6.45, 7) is 1.14. The number of nitrogens with two attached hydrogens (primary N) is 2. The SMILES string of the molecule is CC(C(N)=O)=C(N)CO. The van der Waals surface area contributed by atoms with Crippen LogP contribution in [-0.2, 0) is 4.79 Å². The Kier molecular flexibility index (Phi) is 2.73. The van der Waals surface area contributed by atoms with Crippen LogP contribution in [0.2, 0.25) is 0 Å². The van der Waals surface area contributed by atoms with Gasteiger partial charge in [0.1, 0.15) is 0 Å². The Labute approximate surface area is 53.1 Å². The van der Waals surface area contributed by atoms with Gasteiger partial charge < -0.3 is 16.6 Å². The Hall–Kier alpha value is -1.03. The van der Waals surface area contributed by atoms with Gasteiger partial charge in [-0.15, -0.1) is 0 Å². The molecule has 4 heteroatoms. The molecule has 0 spiro atoms. The van der Waals surface area contributed by atoms with Gasteiger partial charge >= 0.3 is 0 Å². The molecule has 0 aromatic carbocycles. The van der Waals surface area contributed by atoms with E-state index in [-0.39, 0.29) is 17.9 Å². The summed E-state index contributed by atoms with van der Waals surface area (Å²) in [5, 5.41) is 8.36. The zero-order chi connectivity index (χ0) is 7.44. The summed E-state index contributed by atoms with van der Waals surface area (Å²) in [7, 11) is 0. The maximum atomic E-state index is 10.3. The number of carbonyl (C=O) groups is 1. The molecule has 0 rings (SSSR count). The highest BCUT2D eigenvalue weighted by atomic mass is 16.3. The van der Waals surface area contributed by atoms with Crippen molar-refractivity contribution in [3.05, 3.63) is 11.3 Å². The number of aliphatic hydroxyl groups is 1. The van der Waals surface area contributed by atoms with E-state index in [1.165, 1.54) is 6.92 Å². The molecule has 52 valence electrons. The molecule has 1 amide bonds. The first kappa shape index (κ1) is 7.97. The maximum Gasteiger partial charge on any atom is 0.246 e. The first-order valence-electron chi connectivity index (χ1n) is 2.45. The van der Waals surface area contributed by atoms with Crippen molar-refractivity contribution in [2.24, 2.45) is 11.5 Å². The fraction of sp³-hybridized carbons (Fsp3) is 0.400. The lowest BCUT2D eigenvalue weighted by molar-refractivity contribution is -0.114. The average Bonchev–Trinajstić information content (AvgIpc) is 1.84. The van der Waals surface area contributed by atoms with Crippen molar-refractivity contribution in [1.29, 1.82) is 0 Å². The quantitative estimate of drug-likeness (QED) is 0.406. The van der Waals surface area contributed by atoms with Crippen LogP contribution in [0.15, 0.2) is 11.3 Å². The van der Waals surface area contributed by atoms with Crippen molar-refractivity contribution < 1.29 is 9.90 Å². The molecule has 0 atom stereocenters. The van der Waals surface area contributed by atoms with Crippen LogP contribution in [0.1, 0.15) is 6.92 Å². The van der Waals surface area contributed by atoms with E-state index in [4.69, 9.17) is 16.6 Å². The van der Waals surface area contributed by atoms with Crippen LogP contribution in [0.3, 0.4) is 0 Å². The second-order valence-electron chi connectivity index (χ2n) is 1.67. The third kappa shape index (κ3) is 2.14. The number of rotatable bonds is 2. The van der Waals surface area contributed by atoms with Crippen molar-refractivity contribution in [1.82, 2.24) is 0 Å². The number of hydrogen-bond acceptors (Lipinski definition) is 3. The Morgan fingerprint density at radius 2 is 2.00 bits per heavy atom. The fourth-order valence-corrected chi connectivity index (χ4v) is 0.277. The molecular weight excluding hydrogens is 120 g/mol. The first-order chi connectivity index (χ1) is 4.09. The number of aliphatic hydroxyl groups excluding tert-OH is 1. The smallest absolute Gasteiger partial charge is 0.246 e. The van der Waals surface area contributed by atoms with Crippen LogP contribution in [0.5, 0.6) is 0 Å². The summed E-state index contributed by atoms with van der Waals surface area (Å²) < 4.78 is 0. The lowest BCUT2D eigenvalue weighted by Gasteiger charge is -1.97. The Morgan fingerprint density at radius 1 is 1.56 bits per heavy atom. The van der Waals surface area contributed by atoms with Crippen LogP contribution >= 0.6 is 0 Å². The minimum atomic E-state index is -0.596. The maximum absolute atomic E-state index is 10.3. The van der Waals surface area contributed by atoms with Gasteiger partial charge in [0.05, 0.1) is 6.61 Å². The monoisotopic (exact) mass is 130 g/mol. The molecule has 0 bridgehead atoms. The highest BCUT2D eigenvalue weighted by molar-refractivity contribution is 5.91. The molecule has 0 aromatic rings. The molecule has 0 unspecified atom stereocenters. The number of primary amides is 1. The van der Waals surface area contributed by atoms with Gasteiger partial charge in [-0.2, -0.15) is 0 Å². The van der Waals surface area contributed by atoms with E-state index in [1.54, 1.807) is 0 Å². The first-order valence-corrected chi connectivity index (χ1v) is 2.45. The zero-order valence-electron chi connectivity index (χ0n) is 5.22. The topological polar surface area (TPSA) is 89.3 Å². The molecule has 5 N–H and O–H groups in total. The Morgan fingerprint density at radius 3 is 2.11 bits per heavy atom. The normalized spacial score (nSPS) is 12.7. The minimum absolute atomic E-state index is 0.127. The molecule has 0 heterocycles. The van der Waals surface area contributed by atoms with E-state index >= 15 is 0 Å². The Bertz CT molecular complexity index is 151. The van der Waals surface area contributed by atoms with E-state index in [0.717, 1.165) is 0 Å². The van der Waals surface area contributed by atoms with Gasteiger partial charge in [0.15, 0.2) is 0 Å². The van der Waals surface area contributed by atoms with Gasteiger partial charge in [-0.3, -0.25) is 4.79 Å². The summed E-state index contributed by atoms with van der Waals surface area (Å²) in [4.78, 5) is 10.3. The predicted octanol–water partition coefficient (Wildman–Crippen LogP) is -1.30. The molecule has 0 aliphatic carbocycles. The zero-order valence-corrected chi connectivity index (χ0v) is 5.22. The van der Waals surface area contributed by atoms with Gasteiger partial charge in [-0.05, 0) is 6.92 Å². The van der Waals surface area contributed by atoms with Gasteiger partial charge in [-0.1, -0.05) is 0 Å². The lowest BCUT2D eigenvalue weighted by Crippen LogP contribution is -2.18. The molecule has 0 saturated heterocycles.